The molecule has 22 heavy (non-hydrogen) atoms. The average Bonchev–Trinajstić information content (AvgIpc) is 2.97. The van der Waals surface area contributed by atoms with E-state index >= 15 is 0 Å². The Morgan fingerprint density at radius 2 is 2.27 bits per heavy atom. The maximum Gasteiger partial charge on any atom is 0.446 e. The van der Waals surface area contributed by atoms with Gasteiger partial charge in [-0.2, -0.15) is 13.2 Å². The van der Waals surface area contributed by atoms with E-state index in [1.165, 1.54) is 24.3 Å². The SMILES string of the molecule is C#C[C@H](NC(=O)c1cccc(SC(F)(F)F)c1)[C@H]1CCCO1. The van der Waals surface area contributed by atoms with Gasteiger partial charge < -0.3 is 10.1 Å². The lowest BCUT2D eigenvalue weighted by Crippen LogP contribution is -2.42. The van der Waals surface area contributed by atoms with Crippen LogP contribution in [0.5, 0.6) is 0 Å². The van der Waals surface area contributed by atoms with Crippen LogP contribution in [-0.4, -0.2) is 30.2 Å². The lowest BCUT2D eigenvalue weighted by atomic mass is 10.1. The number of halogens is 3. The lowest BCUT2D eigenvalue weighted by Gasteiger charge is -2.19. The fraction of sp³-hybridized carbons (Fsp3) is 0.400. The molecule has 1 aliphatic heterocycles. The zero-order chi connectivity index (χ0) is 16.2. The number of terminal acetylenes is 1. The minimum atomic E-state index is -4.39. The zero-order valence-electron chi connectivity index (χ0n) is 11.5. The molecule has 1 aromatic carbocycles. The fourth-order valence-corrected chi connectivity index (χ4v) is 2.77. The van der Waals surface area contributed by atoms with Crippen molar-refractivity contribution >= 4 is 17.7 Å². The van der Waals surface area contributed by atoms with Crippen LogP contribution >= 0.6 is 11.8 Å². The Kier molecular flexibility index (Phi) is 5.37. The van der Waals surface area contributed by atoms with Crippen LogP contribution in [0.2, 0.25) is 0 Å². The third kappa shape index (κ3) is 4.68. The van der Waals surface area contributed by atoms with Crippen molar-refractivity contribution < 1.29 is 22.7 Å². The number of hydrogen-bond donors (Lipinski definition) is 1. The van der Waals surface area contributed by atoms with Crippen LogP contribution in [0.4, 0.5) is 13.2 Å². The van der Waals surface area contributed by atoms with Gasteiger partial charge in [0.15, 0.2) is 0 Å². The van der Waals surface area contributed by atoms with E-state index in [1.54, 1.807) is 0 Å². The first-order chi connectivity index (χ1) is 10.4. The minimum Gasteiger partial charge on any atom is -0.375 e. The van der Waals surface area contributed by atoms with Gasteiger partial charge in [-0.25, -0.2) is 0 Å². The molecule has 0 saturated carbocycles. The van der Waals surface area contributed by atoms with Crippen LogP contribution < -0.4 is 5.32 Å². The topological polar surface area (TPSA) is 38.3 Å². The molecule has 3 nitrogen and oxygen atoms in total. The van der Waals surface area contributed by atoms with Crippen LogP contribution in [0.25, 0.3) is 0 Å². The van der Waals surface area contributed by atoms with Crippen molar-refractivity contribution in [3.8, 4) is 12.3 Å². The summed E-state index contributed by atoms with van der Waals surface area (Å²) in [5.74, 6) is 1.94. The Bertz CT molecular complexity index is 577. The van der Waals surface area contributed by atoms with E-state index in [0.29, 0.717) is 6.61 Å². The summed E-state index contributed by atoms with van der Waals surface area (Å²) in [6, 6.07) is 4.75. The molecule has 0 spiro atoms. The number of nitrogens with one attached hydrogen (secondary N) is 1. The highest BCUT2D eigenvalue weighted by Gasteiger charge is 2.30. The van der Waals surface area contributed by atoms with Crippen LogP contribution in [0.3, 0.4) is 0 Å². The third-order valence-electron chi connectivity index (χ3n) is 3.13. The molecule has 1 aromatic rings. The molecule has 0 radical (unpaired) electrons. The molecule has 1 amide bonds. The first-order valence-electron chi connectivity index (χ1n) is 6.63. The predicted molar refractivity (Wildman–Crippen MR) is 77.4 cm³/mol. The van der Waals surface area contributed by atoms with Gasteiger partial charge in [0.05, 0.1) is 6.10 Å². The van der Waals surface area contributed by atoms with Crippen molar-refractivity contribution in [1.29, 1.82) is 0 Å². The summed E-state index contributed by atoms with van der Waals surface area (Å²) in [6.07, 6.45) is 6.77. The van der Waals surface area contributed by atoms with Crippen molar-refractivity contribution in [3.63, 3.8) is 0 Å². The second-order valence-electron chi connectivity index (χ2n) is 4.74. The van der Waals surface area contributed by atoms with Gasteiger partial charge in [0.25, 0.3) is 5.91 Å². The van der Waals surface area contributed by atoms with Crippen LogP contribution in [0.15, 0.2) is 29.2 Å². The summed E-state index contributed by atoms with van der Waals surface area (Å²) in [6.45, 7) is 0.594. The van der Waals surface area contributed by atoms with Crippen molar-refractivity contribution in [2.45, 2.75) is 35.4 Å². The maximum absolute atomic E-state index is 12.4. The van der Waals surface area contributed by atoms with E-state index < -0.39 is 17.5 Å². The molecule has 1 saturated heterocycles. The Labute approximate surface area is 130 Å². The fourth-order valence-electron chi connectivity index (χ4n) is 2.17. The number of ether oxygens (including phenoxy) is 1. The number of carbonyl (C=O) groups excluding carboxylic acids is 1. The Morgan fingerprint density at radius 3 is 2.86 bits per heavy atom. The van der Waals surface area contributed by atoms with E-state index in [0.717, 1.165) is 12.8 Å². The molecule has 0 bridgehead atoms. The van der Waals surface area contributed by atoms with Crippen molar-refractivity contribution in [2.24, 2.45) is 0 Å². The molecule has 1 N–H and O–H groups in total. The normalized spacial score (nSPS) is 19.5. The second-order valence-corrected chi connectivity index (χ2v) is 5.88. The van der Waals surface area contributed by atoms with Gasteiger partial charge >= 0.3 is 5.51 Å². The summed E-state index contributed by atoms with van der Waals surface area (Å²) in [4.78, 5) is 12.1. The quantitative estimate of drug-likeness (QED) is 0.681. The summed E-state index contributed by atoms with van der Waals surface area (Å²) < 4.78 is 42.5. The number of thioether (sulfide) groups is 1. The first kappa shape index (κ1) is 16.7. The molecule has 0 unspecified atom stereocenters. The Hall–Kier alpha value is -1.65. The first-order valence-corrected chi connectivity index (χ1v) is 7.45. The van der Waals surface area contributed by atoms with Gasteiger partial charge in [-0.15, -0.1) is 6.42 Å². The summed E-state index contributed by atoms with van der Waals surface area (Å²) in [5, 5.41) is 2.62. The number of hydrogen-bond acceptors (Lipinski definition) is 3. The van der Waals surface area contributed by atoms with E-state index in [-0.39, 0.29) is 28.3 Å². The maximum atomic E-state index is 12.4. The second kappa shape index (κ2) is 7.07. The molecule has 1 fully saturated rings. The van der Waals surface area contributed by atoms with Crippen LogP contribution in [-0.2, 0) is 4.74 Å². The summed E-state index contributed by atoms with van der Waals surface area (Å²) in [7, 11) is 0. The summed E-state index contributed by atoms with van der Waals surface area (Å²) in [5.41, 5.74) is -4.26. The molecule has 0 aliphatic carbocycles. The number of rotatable bonds is 4. The largest absolute Gasteiger partial charge is 0.446 e. The van der Waals surface area contributed by atoms with Crippen LogP contribution in [0.1, 0.15) is 23.2 Å². The molecular formula is C15H14F3NO2S. The number of alkyl halides is 3. The van der Waals surface area contributed by atoms with Gasteiger partial charge in [0.2, 0.25) is 0 Å². The van der Waals surface area contributed by atoms with E-state index in [4.69, 9.17) is 11.2 Å². The smallest absolute Gasteiger partial charge is 0.375 e. The number of carbonyl (C=O) groups is 1. The Balaban J connectivity index is 2.05. The van der Waals surface area contributed by atoms with Crippen LogP contribution in [0, 0.1) is 12.3 Å². The van der Waals surface area contributed by atoms with Gasteiger partial charge in [-0.1, -0.05) is 12.0 Å². The van der Waals surface area contributed by atoms with Gasteiger partial charge in [-0.3, -0.25) is 4.79 Å². The molecule has 7 heteroatoms. The predicted octanol–water partition coefficient (Wildman–Crippen LogP) is 3.21. The third-order valence-corrected chi connectivity index (χ3v) is 3.85. The minimum absolute atomic E-state index is 0.0467. The monoisotopic (exact) mass is 329 g/mol. The molecule has 118 valence electrons. The average molecular weight is 329 g/mol. The molecule has 1 aliphatic rings. The van der Waals surface area contributed by atoms with Crippen molar-refractivity contribution in [3.05, 3.63) is 29.8 Å². The van der Waals surface area contributed by atoms with Gasteiger partial charge in [0, 0.05) is 17.1 Å². The molecule has 1 heterocycles. The Morgan fingerprint density at radius 1 is 1.50 bits per heavy atom. The number of benzene rings is 1. The summed E-state index contributed by atoms with van der Waals surface area (Å²) >= 11 is -0.263. The number of amides is 1. The lowest BCUT2D eigenvalue weighted by molar-refractivity contribution is -0.0328. The highest BCUT2D eigenvalue weighted by Crippen LogP contribution is 2.36. The van der Waals surface area contributed by atoms with Gasteiger partial charge in [-0.05, 0) is 42.8 Å². The zero-order valence-corrected chi connectivity index (χ0v) is 12.3. The van der Waals surface area contributed by atoms with Gasteiger partial charge in [0.1, 0.15) is 6.04 Å². The standard InChI is InChI=1S/C15H14F3NO2S/c1-2-12(13-7-4-8-21-13)19-14(20)10-5-3-6-11(9-10)22-15(16,17)18/h1,3,5-6,9,12-13H,4,7-8H2,(H,19,20)/t12-,13+/m0/s1. The molecular weight excluding hydrogens is 315 g/mol. The van der Waals surface area contributed by atoms with E-state index in [1.807, 2.05) is 0 Å². The van der Waals surface area contributed by atoms with E-state index in [9.17, 15) is 18.0 Å². The highest BCUT2D eigenvalue weighted by atomic mass is 32.2. The molecule has 0 aromatic heterocycles. The van der Waals surface area contributed by atoms with E-state index in [2.05, 4.69) is 11.2 Å². The van der Waals surface area contributed by atoms with Crippen molar-refractivity contribution in [2.75, 3.05) is 6.61 Å². The molecule has 2 atom stereocenters. The highest BCUT2D eigenvalue weighted by molar-refractivity contribution is 8.00. The van der Waals surface area contributed by atoms with Crippen molar-refractivity contribution in [1.82, 2.24) is 5.32 Å². The molecule has 2 rings (SSSR count).